The number of allylic oxidation sites excluding steroid dienone is 2. The fourth-order valence-corrected chi connectivity index (χ4v) is 2.21. The van der Waals surface area contributed by atoms with E-state index in [1.165, 1.54) is 18.2 Å². The van der Waals surface area contributed by atoms with E-state index in [0.29, 0.717) is 0 Å². The van der Waals surface area contributed by atoms with E-state index < -0.39 is 23.4 Å². The minimum Gasteiger partial charge on any atom is -0.456 e. The third kappa shape index (κ3) is 4.41. The molecule has 0 aliphatic heterocycles. The Kier molecular flexibility index (Phi) is 5.24. The lowest BCUT2D eigenvalue weighted by atomic mass is 10.1. The molecule has 1 amide bonds. The van der Waals surface area contributed by atoms with Gasteiger partial charge in [-0.05, 0) is 24.8 Å². The molecule has 0 radical (unpaired) electrons. The van der Waals surface area contributed by atoms with Gasteiger partial charge in [0.1, 0.15) is 5.69 Å². The number of hydrogen-bond donors (Lipinski definition) is 1. The van der Waals surface area contributed by atoms with Gasteiger partial charge in [0.2, 0.25) is 0 Å². The van der Waals surface area contributed by atoms with Gasteiger partial charge in [-0.25, -0.2) is 0 Å². The van der Waals surface area contributed by atoms with Crippen LogP contribution in [-0.4, -0.2) is 23.4 Å². The Bertz CT molecular complexity index is 612. The van der Waals surface area contributed by atoms with Crippen LogP contribution in [0, 0.1) is 16.0 Å². The summed E-state index contributed by atoms with van der Waals surface area (Å²) in [5, 5.41) is 13.2. The van der Waals surface area contributed by atoms with E-state index >= 15 is 0 Å². The van der Waals surface area contributed by atoms with Crippen molar-refractivity contribution in [3.05, 3.63) is 46.5 Å². The smallest absolute Gasteiger partial charge is 0.306 e. The number of ether oxygens (including phenoxy) is 1. The number of rotatable bonds is 6. The molecule has 1 aliphatic rings. The molecule has 0 heterocycles. The minimum atomic E-state index is -0.607. The molecular formula is C15H16N2O5. The summed E-state index contributed by atoms with van der Waals surface area (Å²) < 4.78 is 4.88. The quantitative estimate of drug-likeness (QED) is 0.376. The molecule has 1 aliphatic carbocycles. The minimum absolute atomic E-state index is 0.0762. The van der Waals surface area contributed by atoms with E-state index in [4.69, 9.17) is 4.74 Å². The largest absolute Gasteiger partial charge is 0.456 e. The first-order chi connectivity index (χ1) is 10.6. The summed E-state index contributed by atoms with van der Waals surface area (Å²) in [5.41, 5.74) is -0.134. The number of benzene rings is 1. The number of para-hydroxylation sites is 2. The van der Waals surface area contributed by atoms with Crippen LogP contribution in [0.5, 0.6) is 0 Å². The zero-order valence-corrected chi connectivity index (χ0v) is 11.9. The molecule has 0 unspecified atom stereocenters. The van der Waals surface area contributed by atoms with Gasteiger partial charge in [-0.2, -0.15) is 0 Å². The lowest BCUT2D eigenvalue weighted by Gasteiger charge is -2.09. The fourth-order valence-electron chi connectivity index (χ4n) is 2.21. The van der Waals surface area contributed by atoms with Crippen molar-refractivity contribution in [1.82, 2.24) is 0 Å². The van der Waals surface area contributed by atoms with Crippen LogP contribution in [0.2, 0.25) is 0 Å². The normalized spacial score (nSPS) is 16.3. The van der Waals surface area contributed by atoms with Crippen molar-refractivity contribution in [2.24, 2.45) is 5.92 Å². The van der Waals surface area contributed by atoms with Crippen molar-refractivity contribution in [3.63, 3.8) is 0 Å². The van der Waals surface area contributed by atoms with Crippen LogP contribution in [0.15, 0.2) is 36.4 Å². The van der Waals surface area contributed by atoms with Gasteiger partial charge >= 0.3 is 5.97 Å². The molecule has 7 heteroatoms. The monoisotopic (exact) mass is 304 g/mol. The first-order valence-corrected chi connectivity index (χ1v) is 6.92. The van der Waals surface area contributed by atoms with Crippen molar-refractivity contribution in [2.75, 3.05) is 11.9 Å². The van der Waals surface area contributed by atoms with Crippen LogP contribution >= 0.6 is 0 Å². The third-order valence-electron chi connectivity index (χ3n) is 3.28. The summed E-state index contributed by atoms with van der Waals surface area (Å²) in [6.07, 6.45) is 6.09. The molecule has 22 heavy (non-hydrogen) atoms. The molecular weight excluding hydrogens is 288 g/mol. The van der Waals surface area contributed by atoms with Gasteiger partial charge in [-0.1, -0.05) is 24.3 Å². The molecule has 0 saturated heterocycles. The first-order valence-electron chi connectivity index (χ1n) is 6.92. The number of nitrogens with zero attached hydrogens (tertiary/aromatic N) is 1. The molecule has 116 valence electrons. The van der Waals surface area contributed by atoms with Gasteiger partial charge in [0.15, 0.2) is 6.61 Å². The standard InChI is InChI=1S/C15H16N2O5/c18-14(10-22-15(19)9-11-5-1-2-6-11)16-12-7-3-4-8-13(12)17(20)21/h1,3-5,7-8,11H,2,6,9-10H2,(H,16,18)/t11-/m1/s1. The van der Waals surface area contributed by atoms with Crippen LogP contribution < -0.4 is 5.32 Å². The van der Waals surface area contributed by atoms with Gasteiger partial charge in [0.05, 0.1) is 11.3 Å². The van der Waals surface area contributed by atoms with Gasteiger partial charge in [-0.15, -0.1) is 0 Å². The molecule has 7 nitrogen and oxygen atoms in total. The maximum absolute atomic E-state index is 11.7. The molecule has 0 fully saturated rings. The third-order valence-corrected chi connectivity index (χ3v) is 3.28. The van der Waals surface area contributed by atoms with Gasteiger partial charge < -0.3 is 10.1 Å². The highest BCUT2D eigenvalue weighted by Gasteiger charge is 2.18. The summed E-state index contributed by atoms with van der Waals surface area (Å²) in [5.74, 6) is -0.885. The zero-order valence-electron chi connectivity index (χ0n) is 11.9. The molecule has 1 aromatic carbocycles. The average molecular weight is 304 g/mol. The van der Waals surface area contributed by atoms with E-state index in [0.717, 1.165) is 12.8 Å². The van der Waals surface area contributed by atoms with Crippen molar-refractivity contribution in [3.8, 4) is 0 Å². The summed E-state index contributed by atoms with van der Waals surface area (Å²) in [7, 11) is 0. The molecule has 0 spiro atoms. The predicted octanol–water partition coefficient (Wildman–Crippen LogP) is 2.43. The summed E-state index contributed by atoms with van der Waals surface area (Å²) in [6, 6.07) is 5.78. The Labute approximate surface area is 127 Å². The number of amides is 1. The Balaban J connectivity index is 1.81. The van der Waals surface area contributed by atoms with E-state index in [1.54, 1.807) is 6.07 Å². The number of anilines is 1. The van der Waals surface area contributed by atoms with Crippen LogP contribution in [0.4, 0.5) is 11.4 Å². The lowest BCUT2D eigenvalue weighted by molar-refractivity contribution is -0.383. The van der Waals surface area contributed by atoms with E-state index in [-0.39, 0.29) is 23.7 Å². The van der Waals surface area contributed by atoms with Crippen LogP contribution in [0.3, 0.4) is 0 Å². The van der Waals surface area contributed by atoms with Crippen LogP contribution in [-0.2, 0) is 14.3 Å². The molecule has 0 aromatic heterocycles. The van der Waals surface area contributed by atoms with Crippen molar-refractivity contribution >= 4 is 23.3 Å². The molecule has 1 N–H and O–H groups in total. The average Bonchev–Trinajstić information content (AvgIpc) is 2.98. The molecule has 0 saturated carbocycles. The summed E-state index contributed by atoms with van der Waals surface area (Å²) in [6.45, 7) is -0.457. The molecule has 2 rings (SSSR count). The number of carbonyl (C=O) groups is 2. The van der Waals surface area contributed by atoms with E-state index in [2.05, 4.69) is 5.32 Å². The van der Waals surface area contributed by atoms with Crippen molar-refractivity contribution < 1.29 is 19.2 Å². The summed E-state index contributed by atoms with van der Waals surface area (Å²) in [4.78, 5) is 33.5. The number of hydrogen-bond acceptors (Lipinski definition) is 5. The second kappa shape index (κ2) is 7.35. The number of nitro benzene ring substituents is 1. The molecule has 0 bridgehead atoms. The number of carbonyl (C=O) groups excluding carboxylic acids is 2. The lowest BCUT2D eigenvalue weighted by Crippen LogP contribution is -2.22. The highest BCUT2D eigenvalue weighted by molar-refractivity contribution is 5.94. The molecule has 1 atom stereocenters. The topological polar surface area (TPSA) is 98.5 Å². The number of esters is 1. The highest BCUT2D eigenvalue weighted by Crippen LogP contribution is 2.23. The van der Waals surface area contributed by atoms with Crippen LogP contribution in [0.25, 0.3) is 0 Å². The fraction of sp³-hybridized carbons (Fsp3) is 0.333. The summed E-state index contributed by atoms with van der Waals surface area (Å²) >= 11 is 0. The second-order valence-electron chi connectivity index (χ2n) is 4.95. The number of nitrogens with one attached hydrogen (secondary N) is 1. The SMILES string of the molecule is O=C(COC(=O)C[C@@H]1C=CCC1)Nc1ccccc1[N+](=O)[O-]. The van der Waals surface area contributed by atoms with Gasteiger partial charge in [0.25, 0.3) is 11.6 Å². The maximum atomic E-state index is 11.7. The first kappa shape index (κ1) is 15.7. The van der Waals surface area contributed by atoms with Crippen molar-refractivity contribution in [1.29, 1.82) is 0 Å². The number of nitro groups is 1. The Morgan fingerprint density at radius 1 is 1.36 bits per heavy atom. The second-order valence-corrected chi connectivity index (χ2v) is 4.95. The maximum Gasteiger partial charge on any atom is 0.306 e. The highest BCUT2D eigenvalue weighted by atomic mass is 16.6. The predicted molar refractivity (Wildman–Crippen MR) is 79.2 cm³/mol. The Hall–Kier alpha value is -2.70. The van der Waals surface area contributed by atoms with Crippen molar-refractivity contribution in [2.45, 2.75) is 19.3 Å². The van der Waals surface area contributed by atoms with E-state index in [9.17, 15) is 19.7 Å². The van der Waals surface area contributed by atoms with Gasteiger partial charge in [-0.3, -0.25) is 19.7 Å². The Morgan fingerprint density at radius 3 is 2.82 bits per heavy atom. The van der Waals surface area contributed by atoms with Gasteiger partial charge in [0, 0.05) is 6.07 Å². The van der Waals surface area contributed by atoms with Crippen LogP contribution in [0.1, 0.15) is 19.3 Å². The zero-order chi connectivity index (χ0) is 15.9. The van der Waals surface area contributed by atoms with E-state index in [1.807, 2.05) is 12.2 Å². The Morgan fingerprint density at radius 2 is 2.14 bits per heavy atom. The molecule has 1 aromatic rings.